The molecular weight excluding hydrogens is 252 g/mol. The molecule has 0 aliphatic heterocycles. The van der Waals surface area contributed by atoms with Crippen LogP contribution in [0, 0.1) is 25.2 Å². The number of anilines is 1. The highest BCUT2D eigenvalue weighted by Gasteiger charge is 2.05. The molecule has 0 bridgehead atoms. The van der Waals surface area contributed by atoms with Crippen molar-refractivity contribution in [2.24, 2.45) is 0 Å². The summed E-state index contributed by atoms with van der Waals surface area (Å²) in [5.74, 6) is 0. The first kappa shape index (κ1) is 13.5. The van der Waals surface area contributed by atoms with Gasteiger partial charge >= 0.3 is 0 Å². The van der Waals surface area contributed by atoms with Gasteiger partial charge in [0.15, 0.2) is 0 Å². The molecule has 2 rings (SSSR count). The number of aryl methyl sites for hydroxylation is 2. The van der Waals surface area contributed by atoms with Gasteiger partial charge in [-0.3, -0.25) is 0 Å². The Labute approximate surface area is 118 Å². The number of nitrogen functional groups attached to an aromatic ring is 1. The zero-order chi connectivity index (χ0) is 13.8. The van der Waals surface area contributed by atoms with E-state index in [0.717, 1.165) is 10.5 Å². The number of nitrogens with zero attached hydrogens (tertiary/aromatic N) is 1. The Bertz CT molecular complexity index is 642. The molecule has 2 aromatic rings. The molecule has 0 aliphatic rings. The third-order valence-electron chi connectivity index (χ3n) is 2.96. The second kappa shape index (κ2) is 5.81. The van der Waals surface area contributed by atoms with Crippen molar-refractivity contribution >= 4 is 17.4 Å². The average molecular weight is 268 g/mol. The lowest BCUT2D eigenvalue weighted by Crippen LogP contribution is -1.93. The van der Waals surface area contributed by atoms with Gasteiger partial charge in [0.05, 0.1) is 12.5 Å². The molecule has 0 fully saturated rings. The summed E-state index contributed by atoms with van der Waals surface area (Å²) in [6.45, 7) is 4.20. The molecule has 0 radical (unpaired) electrons. The lowest BCUT2D eigenvalue weighted by atomic mass is 10.1. The van der Waals surface area contributed by atoms with E-state index in [1.807, 2.05) is 18.2 Å². The van der Waals surface area contributed by atoms with Gasteiger partial charge in [-0.2, -0.15) is 5.26 Å². The van der Waals surface area contributed by atoms with E-state index in [4.69, 9.17) is 11.0 Å². The van der Waals surface area contributed by atoms with Crippen molar-refractivity contribution in [2.75, 3.05) is 5.73 Å². The molecule has 0 aromatic heterocycles. The van der Waals surface area contributed by atoms with Crippen LogP contribution in [0.5, 0.6) is 0 Å². The number of rotatable bonds is 3. The summed E-state index contributed by atoms with van der Waals surface area (Å²) in [5.41, 5.74) is 9.96. The summed E-state index contributed by atoms with van der Waals surface area (Å²) in [6, 6.07) is 14.5. The van der Waals surface area contributed by atoms with Gasteiger partial charge in [0, 0.05) is 15.5 Å². The molecule has 0 saturated heterocycles. The average Bonchev–Trinajstić information content (AvgIpc) is 2.38. The summed E-state index contributed by atoms with van der Waals surface area (Å²) in [7, 11) is 0. The van der Waals surface area contributed by atoms with Gasteiger partial charge in [-0.05, 0) is 54.8 Å². The molecule has 0 spiro atoms. The van der Waals surface area contributed by atoms with E-state index in [9.17, 15) is 0 Å². The van der Waals surface area contributed by atoms with Crippen LogP contribution in [0.1, 0.15) is 16.7 Å². The highest BCUT2D eigenvalue weighted by atomic mass is 32.2. The van der Waals surface area contributed by atoms with Crippen LogP contribution in [-0.4, -0.2) is 0 Å². The highest BCUT2D eigenvalue weighted by Crippen LogP contribution is 2.32. The van der Waals surface area contributed by atoms with Crippen LogP contribution in [0.15, 0.2) is 46.2 Å². The van der Waals surface area contributed by atoms with Crippen molar-refractivity contribution in [1.29, 1.82) is 5.26 Å². The molecule has 0 unspecified atom stereocenters. The van der Waals surface area contributed by atoms with Crippen LogP contribution >= 0.6 is 11.8 Å². The molecule has 0 heterocycles. The molecule has 96 valence electrons. The predicted octanol–water partition coefficient (Wildman–Crippen LogP) is 4.10. The van der Waals surface area contributed by atoms with Gasteiger partial charge in [-0.15, -0.1) is 0 Å². The van der Waals surface area contributed by atoms with Gasteiger partial charge in [-0.1, -0.05) is 23.9 Å². The van der Waals surface area contributed by atoms with Crippen LogP contribution in [0.3, 0.4) is 0 Å². The second-order valence-electron chi connectivity index (χ2n) is 4.57. The first-order valence-corrected chi connectivity index (χ1v) is 6.92. The molecule has 0 amide bonds. The maximum absolute atomic E-state index is 8.79. The monoisotopic (exact) mass is 268 g/mol. The van der Waals surface area contributed by atoms with Gasteiger partial charge in [-0.25, -0.2) is 0 Å². The number of hydrogen-bond donors (Lipinski definition) is 1. The maximum Gasteiger partial charge on any atom is 0.0670 e. The summed E-state index contributed by atoms with van der Waals surface area (Å²) in [5, 5.41) is 8.79. The first-order valence-electron chi connectivity index (χ1n) is 6.10. The van der Waals surface area contributed by atoms with E-state index < -0.39 is 0 Å². The molecule has 3 heteroatoms. The fraction of sp³-hybridized carbons (Fsp3) is 0.188. The van der Waals surface area contributed by atoms with Crippen molar-refractivity contribution in [3.8, 4) is 6.07 Å². The molecule has 0 aliphatic carbocycles. The first-order chi connectivity index (χ1) is 9.10. The Morgan fingerprint density at radius 3 is 2.68 bits per heavy atom. The quantitative estimate of drug-likeness (QED) is 0.852. The van der Waals surface area contributed by atoms with Crippen molar-refractivity contribution in [3.63, 3.8) is 0 Å². The highest BCUT2D eigenvalue weighted by molar-refractivity contribution is 7.99. The predicted molar refractivity (Wildman–Crippen MR) is 80.2 cm³/mol. The van der Waals surface area contributed by atoms with E-state index in [2.05, 4.69) is 38.1 Å². The summed E-state index contributed by atoms with van der Waals surface area (Å²) in [4.78, 5) is 2.36. The minimum Gasteiger partial charge on any atom is -0.398 e. The fourth-order valence-electron chi connectivity index (χ4n) is 1.83. The van der Waals surface area contributed by atoms with Crippen molar-refractivity contribution in [1.82, 2.24) is 0 Å². The van der Waals surface area contributed by atoms with Crippen LogP contribution in [0.25, 0.3) is 0 Å². The van der Waals surface area contributed by atoms with Crippen LogP contribution in [0.4, 0.5) is 5.69 Å². The molecule has 0 saturated carbocycles. The number of hydrogen-bond acceptors (Lipinski definition) is 3. The van der Waals surface area contributed by atoms with Crippen LogP contribution in [0.2, 0.25) is 0 Å². The Hall–Kier alpha value is -1.92. The lowest BCUT2D eigenvalue weighted by Gasteiger charge is -2.09. The summed E-state index contributed by atoms with van der Waals surface area (Å²) < 4.78 is 0. The number of nitrogens with two attached hydrogens (primary N) is 1. The Morgan fingerprint density at radius 2 is 1.95 bits per heavy atom. The largest absolute Gasteiger partial charge is 0.398 e. The number of benzene rings is 2. The fourth-order valence-corrected chi connectivity index (χ4v) is 2.89. The zero-order valence-electron chi connectivity index (χ0n) is 11.1. The summed E-state index contributed by atoms with van der Waals surface area (Å²) in [6.07, 6.45) is 0.354. The van der Waals surface area contributed by atoms with Crippen LogP contribution < -0.4 is 5.73 Å². The van der Waals surface area contributed by atoms with Gasteiger partial charge in [0.2, 0.25) is 0 Å². The molecule has 2 aromatic carbocycles. The molecule has 2 N–H and O–H groups in total. The Morgan fingerprint density at radius 1 is 1.16 bits per heavy atom. The smallest absolute Gasteiger partial charge is 0.0670 e. The zero-order valence-corrected chi connectivity index (χ0v) is 11.9. The van der Waals surface area contributed by atoms with Crippen molar-refractivity contribution < 1.29 is 0 Å². The number of nitriles is 1. The molecule has 2 nitrogen and oxygen atoms in total. The Kier molecular flexibility index (Phi) is 4.13. The van der Waals surface area contributed by atoms with Crippen LogP contribution in [-0.2, 0) is 6.42 Å². The van der Waals surface area contributed by atoms with E-state index in [1.165, 1.54) is 16.0 Å². The van der Waals surface area contributed by atoms with E-state index >= 15 is 0 Å². The SMILES string of the molecule is Cc1ccc(C)c(Sc2ccc(N)c(CC#N)c2)c1. The van der Waals surface area contributed by atoms with Crippen molar-refractivity contribution in [2.45, 2.75) is 30.1 Å². The Balaban J connectivity index is 2.31. The summed E-state index contributed by atoms with van der Waals surface area (Å²) >= 11 is 1.71. The molecular formula is C16H16N2S. The van der Waals surface area contributed by atoms with E-state index in [1.54, 1.807) is 11.8 Å². The maximum atomic E-state index is 8.79. The minimum atomic E-state index is 0.354. The van der Waals surface area contributed by atoms with Gasteiger partial charge < -0.3 is 5.73 Å². The third kappa shape index (κ3) is 3.30. The van der Waals surface area contributed by atoms with E-state index in [-0.39, 0.29) is 0 Å². The lowest BCUT2D eigenvalue weighted by molar-refractivity contribution is 1.22. The molecule has 19 heavy (non-hydrogen) atoms. The van der Waals surface area contributed by atoms with Gasteiger partial charge in [0.1, 0.15) is 0 Å². The topological polar surface area (TPSA) is 49.8 Å². The molecule has 0 atom stereocenters. The third-order valence-corrected chi connectivity index (χ3v) is 4.10. The van der Waals surface area contributed by atoms with E-state index in [0.29, 0.717) is 12.1 Å². The van der Waals surface area contributed by atoms with Gasteiger partial charge in [0.25, 0.3) is 0 Å². The van der Waals surface area contributed by atoms with Crippen molar-refractivity contribution in [3.05, 3.63) is 53.1 Å². The normalized spacial score (nSPS) is 10.2. The standard InChI is InChI=1S/C16H16N2S/c1-11-3-4-12(2)16(9-11)19-14-5-6-15(18)13(10-14)7-8-17/h3-6,9-10H,7,18H2,1-2H3. The minimum absolute atomic E-state index is 0.354. The second-order valence-corrected chi connectivity index (χ2v) is 5.68.